The Morgan fingerprint density at radius 2 is 0.652 bits per heavy atom. The number of carbonyl (C=O) groups is 3. The van der Waals surface area contributed by atoms with Gasteiger partial charge in [0.15, 0.2) is 0 Å². The molecule has 0 saturated carbocycles. The average molecular weight is 356 g/mol. The molecule has 0 heterocycles. The first-order chi connectivity index (χ1) is 6.61. The number of hydrogen-bond acceptors (Lipinski definition) is 9. The van der Waals surface area contributed by atoms with Crippen molar-refractivity contribution < 1.29 is 29.4 Å². The van der Waals surface area contributed by atoms with Gasteiger partial charge < -0.3 is 57.8 Å². The number of Topliss-reactive ketones (excluding diaryl/α,β-unsaturated/α-hetero) is 1. The summed E-state index contributed by atoms with van der Waals surface area (Å²) in [5, 5.41) is 0. The first-order valence-corrected chi connectivity index (χ1v) is 3.18. The summed E-state index contributed by atoms with van der Waals surface area (Å²) in [5.74, 6) is 0.167. The molecule has 0 aromatic heterocycles. The molecule has 0 aliphatic rings. The Balaban J connectivity index is -0.00000000631. The highest BCUT2D eigenvalue weighted by Gasteiger charge is 1.62. The Morgan fingerprint density at radius 3 is 0.652 bits per heavy atom. The molecule has 0 radical (unpaired) electrons. The molecule has 0 aliphatic heterocycles. The van der Waals surface area contributed by atoms with E-state index in [9.17, 15) is 4.79 Å². The van der Waals surface area contributed by atoms with Crippen LogP contribution in [0.25, 0.3) is 0 Å². The SMILES string of the molecule is C.C.C.CC(C)=O.N.N.N.N.NC(N)=O.NC(N)=O.O.O=C=O. The van der Waals surface area contributed by atoms with Crippen LogP contribution in [0.2, 0.25) is 0 Å². The van der Waals surface area contributed by atoms with Crippen LogP contribution < -0.4 is 47.5 Å². The normalized spacial score (nSPS) is 3.57. The summed E-state index contributed by atoms with van der Waals surface area (Å²) in [5.41, 5.74) is 17.0. The predicted octanol–water partition coefficient (Wildman–Crippen LogP) is -0.209. The molecule has 0 rings (SSSR count). The van der Waals surface area contributed by atoms with Crippen molar-refractivity contribution in [3.05, 3.63) is 0 Å². The Hall–Kier alpha value is -2.61. The quantitative estimate of drug-likeness (QED) is 0.284. The largest absolute Gasteiger partial charge is 0.412 e. The fourth-order valence-corrected chi connectivity index (χ4v) is 0. The van der Waals surface area contributed by atoms with Crippen molar-refractivity contribution >= 4 is 24.0 Å². The van der Waals surface area contributed by atoms with E-state index in [1.54, 1.807) is 0 Å². The van der Waals surface area contributed by atoms with E-state index in [1.807, 2.05) is 0 Å². The highest BCUT2D eigenvalue weighted by molar-refractivity contribution is 5.72. The molecule has 23 heavy (non-hydrogen) atoms. The number of carbonyl (C=O) groups excluding carboxylic acids is 5. The molecule has 0 unspecified atom stereocenters. The number of nitrogens with two attached hydrogens (primary N) is 4. The molecule has 4 amide bonds. The van der Waals surface area contributed by atoms with E-state index >= 15 is 0 Å². The molecule has 14 heteroatoms. The lowest BCUT2D eigenvalue weighted by atomic mass is 10.6. The molecule has 0 atom stereocenters. The Kier molecular flexibility index (Phi) is 569. The van der Waals surface area contributed by atoms with E-state index in [0.29, 0.717) is 0 Å². The van der Waals surface area contributed by atoms with Gasteiger partial charge in [0, 0.05) is 0 Å². The van der Waals surface area contributed by atoms with Gasteiger partial charge in [0.05, 0.1) is 0 Å². The number of urea groups is 2. The lowest BCUT2D eigenvalue weighted by molar-refractivity contribution is -0.191. The predicted molar refractivity (Wildman–Crippen MR) is 92.8 cm³/mol. The monoisotopic (exact) mass is 356 g/mol. The third-order valence-electron chi connectivity index (χ3n) is 0. The van der Waals surface area contributed by atoms with Crippen molar-refractivity contribution in [1.82, 2.24) is 24.6 Å². The van der Waals surface area contributed by atoms with E-state index in [1.165, 1.54) is 13.8 Å². The minimum absolute atomic E-state index is 0. The maximum atomic E-state index is 9.44. The van der Waals surface area contributed by atoms with Crippen LogP contribution in [0.3, 0.4) is 0 Å². The second-order valence-corrected chi connectivity index (χ2v) is 1.80. The van der Waals surface area contributed by atoms with Gasteiger partial charge in [-0.3, -0.25) is 0 Å². The van der Waals surface area contributed by atoms with Crippen molar-refractivity contribution in [2.45, 2.75) is 36.1 Å². The fraction of sp³-hybridized carbons (Fsp3) is 0.556. The smallest absolute Gasteiger partial charge is 0.373 e. The van der Waals surface area contributed by atoms with Crippen LogP contribution in [-0.2, 0) is 14.4 Å². The summed E-state index contributed by atoms with van der Waals surface area (Å²) in [6, 6.07) is -1.67. The number of primary amides is 4. The zero-order chi connectivity index (χ0) is 13.4. The van der Waals surface area contributed by atoms with Crippen LogP contribution in [0.15, 0.2) is 0 Å². The third-order valence-corrected chi connectivity index (χ3v) is 0. The van der Waals surface area contributed by atoms with Crippen molar-refractivity contribution in [1.29, 1.82) is 0 Å². The summed E-state index contributed by atoms with van der Waals surface area (Å²) in [4.78, 5) is 43.7. The van der Waals surface area contributed by atoms with Crippen LogP contribution in [0.5, 0.6) is 0 Å². The number of amides is 4. The molecule has 14 nitrogen and oxygen atoms in total. The minimum atomic E-state index is -0.833. The van der Waals surface area contributed by atoms with Crippen molar-refractivity contribution in [2.75, 3.05) is 0 Å². The third kappa shape index (κ3) is 861. The number of ketones is 1. The van der Waals surface area contributed by atoms with Crippen LogP contribution in [0, 0.1) is 0 Å². The standard InChI is InChI=1S/C3H6O.2CH4N2O.CO2.3CH4.4H3N.H2O/c1-3(2)4;2*2-1(3)4;2-1-3;;;;;;;;/h1-2H3;2*(H4,2,3,4);;3*1H4;4*1H3;1H2. The van der Waals surface area contributed by atoms with E-state index < -0.39 is 12.1 Å². The van der Waals surface area contributed by atoms with Gasteiger partial charge in [-0.15, -0.1) is 0 Å². The Morgan fingerprint density at radius 1 is 0.652 bits per heavy atom. The summed E-state index contributed by atoms with van der Waals surface area (Å²) in [6.07, 6.45) is 0.250. The summed E-state index contributed by atoms with van der Waals surface area (Å²) in [7, 11) is 0. The molecule has 22 N–H and O–H groups in total. The van der Waals surface area contributed by atoms with Gasteiger partial charge in [0.1, 0.15) is 5.78 Å². The molecule has 0 bridgehead atoms. The van der Waals surface area contributed by atoms with Crippen molar-refractivity contribution in [2.24, 2.45) is 22.9 Å². The van der Waals surface area contributed by atoms with Gasteiger partial charge in [-0.25, -0.2) is 9.59 Å². The van der Waals surface area contributed by atoms with Crippen LogP contribution >= 0.6 is 0 Å². The summed E-state index contributed by atoms with van der Waals surface area (Å²) in [6.45, 7) is 3.06. The summed E-state index contributed by atoms with van der Waals surface area (Å²) >= 11 is 0. The second-order valence-electron chi connectivity index (χ2n) is 1.80. The lowest BCUT2D eigenvalue weighted by Crippen LogP contribution is -2.18. The first kappa shape index (κ1) is 109. The van der Waals surface area contributed by atoms with Crippen LogP contribution in [0.4, 0.5) is 9.59 Å². The highest BCUT2D eigenvalue weighted by Crippen LogP contribution is 1.50. The summed E-state index contributed by atoms with van der Waals surface area (Å²) < 4.78 is 0. The highest BCUT2D eigenvalue weighted by atomic mass is 16.2. The minimum Gasteiger partial charge on any atom is -0.412 e. The number of rotatable bonds is 0. The molecule has 0 spiro atoms. The van der Waals surface area contributed by atoms with Gasteiger partial charge in [-0.1, -0.05) is 22.3 Å². The Labute approximate surface area is 138 Å². The molecular formula is C9H40N8O6. The maximum Gasteiger partial charge on any atom is 0.373 e. The zero-order valence-electron chi connectivity index (χ0n) is 11.7. The lowest BCUT2D eigenvalue weighted by Gasteiger charge is -1.62. The fourth-order valence-electron chi connectivity index (χ4n) is 0. The molecule has 152 valence electrons. The Bertz CT molecular complexity index is 194. The molecule has 0 saturated heterocycles. The van der Waals surface area contributed by atoms with E-state index in [4.69, 9.17) is 19.2 Å². The molecular weight excluding hydrogens is 316 g/mol. The van der Waals surface area contributed by atoms with E-state index in [0.717, 1.165) is 0 Å². The maximum absolute atomic E-state index is 9.44. The van der Waals surface area contributed by atoms with Gasteiger partial charge in [-0.2, -0.15) is 9.59 Å². The zero-order valence-corrected chi connectivity index (χ0v) is 11.7. The van der Waals surface area contributed by atoms with Gasteiger partial charge in [0.25, 0.3) is 0 Å². The second kappa shape index (κ2) is 120. The van der Waals surface area contributed by atoms with Crippen molar-refractivity contribution in [3.8, 4) is 0 Å². The van der Waals surface area contributed by atoms with Gasteiger partial charge in [0.2, 0.25) is 0 Å². The topological polar surface area (TPSA) is 361 Å². The number of hydrogen-bond donors (Lipinski definition) is 8. The molecule has 0 aromatic carbocycles. The average Bonchev–Trinajstić information content (AvgIpc) is 1.81. The molecule has 0 aromatic rings. The van der Waals surface area contributed by atoms with Crippen molar-refractivity contribution in [3.63, 3.8) is 0 Å². The molecule has 0 fully saturated rings. The van der Waals surface area contributed by atoms with E-state index in [2.05, 4.69) is 22.9 Å². The first-order valence-electron chi connectivity index (χ1n) is 3.18. The van der Waals surface area contributed by atoms with Crippen LogP contribution in [-0.4, -0.2) is 29.5 Å². The van der Waals surface area contributed by atoms with Crippen LogP contribution in [0.1, 0.15) is 36.1 Å². The van der Waals surface area contributed by atoms with Gasteiger partial charge in [-0.05, 0) is 13.8 Å². The van der Waals surface area contributed by atoms with Gasteiger partial charge >= 0.3 is 18.2 Å². The molecule has 0 aliphatic carbocycles. The van der Waals surface area contributed by atoms with E-state index in [-0.39, 0.29) is 64.3 Å².